The molecule has 2 aromatic heterocycles. The standard InChI is InChI=1S/C23H27N3O2/c1-3-20-16(2)19-14-18(7-8-21(19)25-20)23(27)26-12-9-17(10-13-26)15-28-22-6-4-5-11-24-22/h4-8,11,14,17,25H,3,9-10,12-13,15H2,1-2H3. The van der Waals surface area contributed by atoms with Gasteiger partial charge in [0.1, 0.15) is 0 Å². The van der Waals surface area contributed by atoms with Gasteiger partial charge in [0.05, 0.1) is 6.61 Å². The number of ether oxygens (including phenoxy) is 1. The Bertz CT molecular complexity index is 957. The van der Waals surface area contributed by atoms with Crippen LogP contribution in [0.4, 0.5) is 0 Å². The van der Waals surface area contributed by atoms with Gasteiger partial charge in [-0.25, -0.2) is 4.98 Å². The fraction of sp³-hybridized carbons (Fsp3) is 0.391. The topological polar surface area (TPSA) is 58.2 Å². The van der Waals surface area contributed by atoms with Crippen LogP contribution in [-0.4, -0.2) is 40.5 Å². The van der Waals surface area contributed by atoms with Crippen LogP contribution >= 0.6 is 0 Å². The fourth-order valence-corrected chi connectivity index (χ4v) is 3.99. The van der Waals surface area contributed by atoms with Crippen molar-refractivity contribution in [2.45, 2.75) is 33.1 Å². The molecule has 5 heteroatoms. The quantitative estimate of drug-likeness (QED) is 0.718. The lowest BCUT2D eigenvalue weighted by Crippen LogP contribution is -2.39. The van der Waals surface area contributed by atoms with Crippen molar-refractivity contribution in [2.75, 3.05) is 19.7 Å². The minimum absolute atomic E-state index is 0.129. The number of hydrogen-bond acceptors (Lipinski definition) is 3. The molecule has 0 atom stereocenters. The van der Waals surface area contributed by atoms with Gasteiger partial charge in [0, 0.05) is 47.5 Å². The molecule has 0 saturated carbocycles. The van der Waals surface area contributed by atoms with Gasteiger partial charge in [-0.2, -0.15) is 0 Å². The summed E-state index contributed by atoms with van der Waals surface area (Å²) in [6.45, 7) is 6.48. The van der Waals surface area contributed by atoms with Crippen LogP contribution in [0.1, 0.15) is 41.4 Å². The largest absolute Gasteiger partial charge is 0.477 e. The molecule has 1 N–H and O–H groups in total. The lowest BCUT2D eigenvalue weighted by Gasteiger charge is -2.32. The van der Waals surface area contributed by atoms with Gasteiger partial charge < -0.3 is 14.6 Å². The molecule has 1 saturated heterocycles. The average molecular weight is 377 g/mol. The van der Waals surface area contributed by atoms with Gasteiger partial charge in [0.15, 0.2) is 0 Å². The van der Waals surface area contributed by atoms with E-state index in [1.165, 1.54) is 11.3 Å². The third-order valence-electron chi connectivity index (χ3n) is 5.77. The minimum Gasteiger partial charge on any atom is -0.477 e. The van der Waals surface area contributed by atoms with Crippen molar-refractivity contribution in [1.29, 1.82) is 0 Å². The van der Waals surface area contributed by atoms with Gasteiger partial charge in [0.25, 0.3) is 5.91 Å². The summed E-state index contributed by atoms with van der Waals surface area (Å²) >= 11 is 0. The zero-order valence-corrected chi connectivity index (χ0v) is 16.6. The second-order valence-electron chi connectivity index (χ2n) is 7.56. The maximum absolute atomic E-state index is 13.0. The monoisotopic (exact) mass is 377 g/mol. The van der Waals surface area contributed by atoms with Crippen LogP contribution < -0.4 is 4.74 Å². The molecule has 1 amide bonds. The Morgan fingerprint density at radius 3 is 2.79 bits per heavy atom. The van der Waals surface area contributed by atoms with Crippen molar-refractivity contribution in [3.8, 4) is 5.88 Å². The van der Waals surface area contributed by atoms with Crippen molar-refractivity contribution in [1.82, 2.24) is 14.9 Å². The number of aryl methyl sites for hydroxylation is 2. The van der Waals surface area contributed by atoms with Crippen molar-refractivity contribution in [3.63, 3.8) is 0 Å². The summed E-state index contributed by atoms with van der Waals surface area (Å²) < 4.78 is 5.78. The first-order valence-corrected chi connectivity index (χ1v) is 10.1. The van der Waals surface area contributed by atoms with E-state index in [0.29, 0.717) is 18.4 Å². The van der Waals surface area contributed by atoms with E-state index in [0.717, 1.165) is 48.8 Å². The molecule has 146 valence electrons. The molecule has 3 heterocycles. The first-order chi connectivity index (χ1) is 13.7. The summed E-state index contributed by atoms with van der Waals surface area (Å²) in [5.74, 6) is 1.26. The Labute approximate surface area is 165 Å². The number of carbonyl (C=O) groups excluding carboxylic acids is 1. The van der Waals surface area contributed by atoms with E-state index in [1.54, 1.807) is 6.20 Å². The van der Waals surface area contributed by atoms with Crippen LogP contribution in [0, 0.1) is 12.8 Å². The number of aromatic nitrogens is 2. The molecule has 4 rings (SSSR count). The van der Waals surface area contributed by atoms with E-state index in [2.05, 4.69) is 23.8 Å². The van der Waals surface area contributed by atoms with Crippen molar-refractivity contribution in [2.24, 2.45) is 5.92 Å². The van der Waals surface area contributed by atoms with Gasteiger partial charge in [-0.3, -0.25) is 4.79 Å². The maximum Gasteiger partial charge on any atom is 0.253 e. The summed E-state index contributed by atoms with van der Waals surface area (Å²) in [5.41, 5.74) is 4.38. The fourth-order valence-electron chi connectivity index (χ4n) is 3.99. The van der Waals surface area contributed by atoms with Gasteiger partial charge in [0.2, 0.25) is 5.88 Å². The Morgan fingerprint density at radius 1 is 1.25 bits per heavy atom. The van der Waals surface area contributed by atoms with E-state index < -0.39 is 0 Å². The SMILES string of the molecule is CCc1[nH]c2ccc(C(=O)N3CCC(COc4ccccn4)CC3)cc2c1C. The first-order valence-electron chi connectivity index (χ1n) is 10.1. The number of nitrogens with one attached hydrogen (secondary N) is 1. The van der Waals surface area contributed by atoms with Crippen molar-refractivity contribution < 1.29 is 9.53 Å². The number of pyridine rings is 1. The number of fused-ring (bicyclic) bond motifs is 1. The van der Waals surface area contributed by atoms with Gasteiger partial charge >= 0.3 is 0 Å². The molecule has 1 aromatic carbocycles. The average Bonchev–Trinajstić information content (AvgIpc) is 3.08. The normalized spacial score (nSPS) is 15.1. The highest BCUT2D eigenvalue weighted by Gasteiger charge is 2.24. The lowest BCUT2D eigenvalue weighted by molar-refractivity contribution is 0.0659. The molecule has 3 aromatic rings. The predicted octanol–water partition coefficient (Wildman–Crippen LogP) is 4.36. The molecule has 0 spiro atoms. The number of amides is 1. The maximum atomic E-state index is 13.0. The predicted molar refractivity (Wildman–Crippen MR) is 111 cm³/mol. The van der Waals surface area contributed by atoms with Crippen molar-refractivity contribution >= 4 is 16.8 Å². The number of piperidine rings is 1. The number of aromatic amines is 1. The molecule has 0 aliphatic carbocycles. The minimum atomic E-state index is 0.129. The molecule has 1 fully saturated rings. The molecule has 1 aliphatic rings. The molecule has 0 bridgehead atoms. The summed E-state index contributed by atoms with van der Waals surface area (Å²) in [4.78, 5) is 22.6. The molecule has 0 radical (unpaired) electrons. The van der Waals surface area contributed by atoms with E-state index in [4.69, 9.17) is 4.74 Å². The number of rotatable bonds is 5. The van der Waals surface area contributed by atoms with Crippen LogP contribution in [0.3, 0.4) is 0 Å². The molecular formula is C23H27N3O2. The van der Waals surface area contributed by atoms with Crippen LogP contribution in [0.2, 0.25) is 0 Å². The number of H-pyrrole nitrogens is 1. The van der Waals surface area contributed by atoms with Crippen LogP contribution in [-0.2, 0) is 6.42 Å². The van der Waals surface area contributed by atoms with E-state index in [9.17, 15) is 4.79 Å². The second-order valence-corrected chi connectivity index (χ2v) is 7.56. The third-order valence-corrected chi connectivity index (χ3v) is 5.77. The summed E-state index contributed by atoms with van der Waals surface area (Å²) in [5, 5.41) is 1.15. The summed E-state index contributed by atoms with van der Waals surface area (Å²) in [6, 6.07) is 11.7. The number of hydrogen-bond donors (Lipinski definition) is 1. The van der Waals surface area contributed by atoms with E-state index in [-0.39, 0.29) is 5.91 Å². The Balaban J connectivity index is 1.37. The summed E-state index contributed by atoms with van der Waals surface area (Å²) in [7, 11) is 0. The van der Waals surface area contributed by atoms with Crippen LogP contribution in [0.5, 0.6) is 5.88 Å². The lowest BCUT2D eigenvalue weighted by atomic mass is 9.97. The van der Waals surface area contributed by atoms with Crippen molar-refractivity contribution in [3.05, 3.63) is 59.4 Å². The summed E-state index contributed by atoms with van der Waals surface area (Å²) in [6.07, 6.45) is 4.63. The number of carbonyl (C=O) groups is 1. The molecular weight excluding hydrogens is 350 g/mol. The highest BCUT2D eigenvalue weighted by atomic mass is 16.5. The van der Waals surface area contributed by atoms with Gasteiger partial charge in [-0.05, 0) is 61.9 Å². The second kappa shape index (κ2) is 8.05. The zero-order chi connectivity index (χ0) is 19.5. The number of benzene rings is 1. The van der Waals surface area contributed by atoms with Gasteiger partial charge in [-0.1, -0.05) is 13.0 Å². The van der Waals surface area contributed by atoms with E-state index >= 15 is 0 Å². The highest BCUT2D eigenvalue weighted by Crippen LogP contribution is 2.25. The third kappa shape index (κ3) is 3.75. The van der Waals surface area contributed by atoms with Crippen LogP contribution in [0.15, 0.2) is 42.6 Å². The smallest absolute Gasteiger partial charge is 0.253 e. The number of likely N-dealkylation sites (tertiary alicyclic amines) is 1. The molecule has 5 nitrogen and oxygen atoms in total. The van der Waals surface area contributed by atoms with Crippen LogP contribution in [0.25, 0.3) is 10.9 Å². The highest BCUT2D eigenvalue weighted by molar-refractivity contribution is 5.99. The van der Waals surface area contributed by atoms with E-state index in [1.807, 2.05) is 41.3 Å². The molecule has 0 unspecified atom stereocenters. The zero-order valence-electron chi connectivity index (χ0n) is 16.6. The Kier molecular flexibility index (Phi) is 5.33. The Hall–Kier alpha value is -2.82. The molecule has 28 heavy (non-hydrogen) atoms. The van der Waals surface area contributed by atoms with Gasteiger partial charge in [-0.15, -0.1) is 0 Å². The first kappa shape index (κ1) is 18.5. The number of nitrogens with zero attached hydrogens (tertiary/aromatic N) is 2. The molecule has 1 aliphatic heterocycles. The Morgan fingerprint density at radius 2 is 2.07 bits per heavy atom.